The molecule has 0 unspecified atom stereocenters. The summed E-state index contributed by atoms with van der Waals surface area (Å²) in [4.78, 5) is 0. The van der Waals surface area contributed by atoms with Crippen LogP contribution in [-0.4, -0.2) is 16.3 Å². The number of benzene rings is 1. The molecule has 17 heavy (non-hydrogen) atoms. The van der Waals surface area contributed by atoms with Crippen molar-refractivity contribution < 1.29 is 0 Å². The molecule has 0 saturated carbocycles. The molecule has 0 aliphatic rings. The van der Waals surface area contributed by atoms with Gasteiger partial charge in [-0.1, -0.05) is 30.3 Å². The van der Waals surface area contributed by atoms with Crippen LogP contribution < -0.4 is 5.73 Å². The smallest absolute Gasteiger partial charge is 0.0659 e. The zero-order chi connectivity index (χ0) is 10.5. The van der Waals surface area contributed by atoms with Crippen LogP contribution in [0.25, 0.3) is 0 Å². The minimum Gasteiger partial charge on any atom is -0.330 e. The van der Waals surface area contributed by atoms with Gasteiger partial charge in [0.15, 0.2) is 0 Å². The second-order valence-electron chi connectivity index (χ2n) is 3.57. The molecule has 0 bridgehead atoms. The van der Waals surface area contributed by atoms with Crippen LogP contribution in [0.2, 0.25) is 0 Å². The van der Waals surface area contributed by atoms with Crippen molar-refractivity contribution in [3.05, 3.63) is 53.9 Å². The lowest BCUT2D eigenvalue weighted by molar-refractivity contribution is 0.686. The van der Waals surface area contributed by atoms with Gasteiger partial charge in [-0.15, -0.1) is 24.8 Å². The summed E-state index contributed by atoms with van der Waals surface area (Å²) in [5.74, 6) is 0. The van der Waals surface area contributed by atoms with Crippen LogP contribution in [0, 0.1) is 0 Å². The van der Waals surface area contributed by atoms with Gasteiger partial charge in [0.05, 0.1) is 12.7 Å². The molecule has 0 fully saturated rings. The molecule has 0 radical (unpaired) electrons. The Balaban J connectivity index is 0.00000128. The van der Waals surface area contributed by atoms with Crippen LogP contribution in [0.4, 0.5) is 0 Å². The summed E-state index contributed by atoms with van der Waals surface area (Å²) in [6, 6.07) is 10.3. The Morgan fingerprint density at radius 3 is 2.41 bits per heavy atom. The molecule has 1 heterocycles. The zero-order valence-corrected chi connectivity index (χ0v) is 11.1. The Labute approximate surface area is 114 Å². The van der Waals surface area contributed by atoms with E-state index in [0.29, 0.717) is 6.54 Å². The van der Waals surface area contributed by atoms with Crippen molar-refractivity contribution in [3.8, 4) is 0 Å². The lowest BCUT2D eigenvalue weighted by Crippen LogP contribution is -2.02. The summed E-state index contributed by atoms with van der Waals surface area (Å²) in [5.41, 5.74) is 7.95. The third kappa shape index (κ3) is 4.77. The molecule has 1 aromatic carbocycles. The third-order valence-corrected chi connectivity index (χ3v) is 2.31. The fraction of sp³-hybridized carbons (Fsp3) is 0.250. The SMILES string of the molecule is Cl.Cl.NCCc1cnn(Cc2ccccc2)c1. The highest BCUT2D eigenvalue weighted by atomic mass is 35.5. The van der Waals surface area contributed by atoms with Crippen LogP contribution in [0.1, 0.15) is 11.1 Å². The monoisotopic (exact) mass is 273 g/mol. The predicted octanol–water partition coefficient (Wildman–Crippen LogP) is 2.28. The minimum absolute atomic E-state index is 0. The topological polar surface area (TPSA) is 43.8 Å². The van der Waals surface area contributed by atoms with E-state index in [2.05, 4.69) is 23.4 Å². The van der Waals surface area contributed by atoms with Gasteiger partial charge in [-0.2, -0.15) is 5.10 Å². The summed E-state index contributed by atoms with van der Waals surface area (Å²) in [7, 11) is 0. The summed E-state index contributed by atoms with van der Waals surface area (Å²) in [6.07, 6.45) is 4.84. The molecule has 0 aliphatic carbocycles. The molecular weight excluding hydrogens is 257 g/mol. The number of hydrogen-bond donors (Lipinski definition) is 1. The van der Waals surface area contributed by atoms with Crippen molar-refractivity contribution in [2.24, 2.45) is 5.73 Å². The number of nitrogens with zero attached hydrogens (tertiary/aromatic N) is 2. The Hall–Kier alpha value is -1.03. The van der Waals surface area contributed by atoms with Gasteiger partial charge in [0.1, 0.15) is 0 Å². The van der Waals surface area contributed by atoms with Crippen molar-refractivity contribution in [2.45, 2.75) is 13.0 Å². The minimum atomic E-state index is 0. The standard InChI is InChI=1S/C12H15N3.2ClH/c13-7-6-12-8-14-15(10-12)9-11-4-2-1-3-5-11;;/h1-5,8,10H,6-7,9,13H2;2*1H. The fourth-order valence-corrected chi connectivity index (χ4v) is 1.56. The quantitative estimate of drug-likeness (QED) is 0.929. The molecule has 0 atom stereocenters. The molecule has 94 valence electrons. The normalized spacial score (nSPS) is 9.24. The molecule has 0 amide bonds. The van der Waals surface area contributed by atoms with Crippen LogP contribution in [-0.2, 0) is 13.0 Å². The van der Waals surface area contributed by atoms with Gasteiger partial charge in [0.25, 0.3) is 0 Å². The van der Waals surface area contributed by atoms with E-state index in [1.807, 2.05) is 29.1 Å². The van der Waals surface area contributed by atoms with Gasteiger partial charge in [0.2, 0.25) is 0 Å². The van der Waals surface area contributed by atoms with Gasteiger partial charge in [-0.3, -0.25) is 4.68 Å². The number of halogens is 2. The van der Waals surface area contributed by atoms with E-state index in [9.17, 15) is 0 Å². The average molecular weight is 274 g/mol. The van der Waals surface area contributed by atoms with E-state index in [-0.39, 0.29) is 24.8 Å². The maximum atomic E-state index is 5.49. The molecule has 0 spiro atoms. The number of hydrogen-bond acceptors (Lipinski definition) is 2. The fourth-order valence-electron chi connectivity index (χ4n) is 1.56. The maximum Gasteiger partial charge on any atom is 0.0659 e. The predicted molar refractivity (Wildman–Crippen MR) is 75.0 cm³/mol. The average Bonchev–Trinajstić information content (AvgIpc) is 2.68. The Bertz CT molecular complexity index is 415. The highest BCUT2D eigenvalue weighted by Crippen LogP contribution is 2.03. The highest BCUT2D eigenvalue weighted by Gasteiger charge is 1.98. The largest absolute Gasteiger partial charge is 0.330 e. The van der Waals surface area contributed by atoms with Crippen molar-refractivity contribution in [2.75, 3.05) is 6.54 Å². The number of aromatic nitrogens is 2. The first-order valence-electron chi connectivity index (χ1n) is 5.14. The molecular formula is C12H17Cl2N3. The van der Waals surface area contributed by atoms with Gasteiger partial charge in [-0.05, 0) is 24.1 Å². The van der Waals surface area contributed by atoms with Crippen LogP contribution >= 0.6 is 24.8 Å². The van der Waals surface area contributed by atoms with Gasteiger partial charge in [0, 0.05) is 6.20 Å². The van der Waals surface area contributed by atoms with Gasteiger partial charge < -0.3 is 5.73 Å². The highest BCUT2D eigenvalue weighted by molar-refractivity contribution is 5.85. The van der Waals surface area contributed by atoms with E-state index in [1.54, 1.807) is 0 Å². The van der Waals surface area contributed by atoms with E-state index >= 15 is 0 Å². The summed E-state index contributed by atoms with van der Waals surface area (Å²) in [6.45, 7) is 1.50. The van der Waals surface area contributed by atoms with Crippen molar-refractivity contribution in [3.63, 3.8) is 0 Å². The van der Waals surface area contributed by atoms with E-state index in [4.69, 9.17) is 5.73 Å². The number of rotatable bonds is 4. The van der Waals surface area contributed by atoms with Crippen molar-refractivity contribution in [1.29, 1.82) is 0 Å². The molecule has 1 aromatic heterocycles. The van der Waals surface area contributed by atoms with Crippen molar-refractivity contribution >= 4 is 24.8 Å². The van der Waals surface area contributed by atoms with Gasteiger partial charge in [-0.25, -0.2) is 0 Å². The maximum absolute atomic E-state index is 5.49. The molecule has 0 saturated heterocycles. The Morgan fingerprint density at radius 1 is 1.06 bits per heavy atom. The molecule has 3 nitrogen and oxygen atoms in total. The molecule has 0 aliphatic heterocycles. The third-order valence-electron chi connectivity index (χ3n) is 2.31. The van der Waals surface area contributed by atoms with Crippen LogP contribution in [0.5, 0.6) is 0 Å². The first-order valence-corrected chi connectivity index (χ1v) is 5.14. The first kappa shape index (κ1) is 16.0. The van der Waals surface area contributed by atoms with Crippen LogP contribution in [0.3, 0.4) is 0 Å². The summed E-state index contributed by atoms with van der Waals surface area (Å²) < 4.78 is 1.94. The second-order valence-corrected chi connectivity index (χ2v) is 3.57. The Morgan fingerprint density at radius 2 is 1.76 bits per heavy atom. The van der Waals surface area contributed by atoms with Gasteiger partial charge >= 0.3 is 0 Å². The molecule has 2 rings (SSSR count). The van der Waals surface area contributed by atoms with E-state index in [0.717, 1.165) is 13.0 Å². The molecule has 2 N–H and O–H groups in total. The van der Waals surface area contributed by atoms with E-state index in [1.165, 1.54) is 11.1 Å². The lowest BCUT2D eigenvalue weighted by atomic mass is 10.2. The number of nitrogens with two attached hydrogens (primary N) is 1. The van der Waals surface area contributed by atoms with E-state index < -0.39 is 0 Å². The van der Waals surface area contributed by atoms with Crippen molar-refractivity contribution in [1.82, 2.24) is 9.78 Å². The lowest BCUT2D eigenvalue weighted by Gasteiger charge is -2.00. The van der Waals surface area contributed by atoms with Crippen LogP contribution in [0.15, 0.2) is 42.7 Å². The molecule has 5 heteroatoms. The second kappa shape index (κ2) is 8.12. The summed E-state index contributed by atoms with van der Waals surface area (Å²) in [5, 5.41) is 4.29. The zero-order valence-electron chi connectivity index (χ0n) is 9.45. The first-order chi connectivity index (χ1) is 7.38. The Kier molecular flexibility index (Phi) is 7.63. The summed E-state index contributed by atoms with van der Waals surface area (Å²) >= 11 is 0. The molecule has 2 aromatic rings.